The van der Waals surface area contributed by atoms with Gasteiger partial charge in [0.15, 0.2) is 5.69 Å². The Morgan fingerprint density at radius 2 is 2.00 bits per heavy atom. The average Bonchev–Trinajstić information content (AvgIpc) is 2.76. The number of aryl methyl sites for hydroxylation is 2. The van der Waals surface area contributed by atoms with Gasteiger partial charge in [-0.3, -0.25) is 0 Å². The van der Waals surface area contributed by atoms with Crippen molar-refractivity contribution in [2.75, 3.05) is 6.61 Å². The van der Waals surface area contributed by atoms with Crippen molar-refractivity contribution in [1.29, 1.82) is 0 Å². The van der Waals surface area contributed by atoms with Gasteiger partial charge in [-0.2, -0.15) is 0 Å². The van der Waals surface area contributed by atoms with E-state index in [9.17, 15) is 4.79 Å². The molecule has 18 heavy (non-hydrogen) atoms. The second-order valence-corrected chi connectivity index (χ2v) is 3.75. The largest absolute Gasteiger partial charge is 0.461 e. The summed E-state index contributed by atoms with van der Waals surface area (Å²) in [6.07, 6.45) is 1.71. The summed E-state index contributed by atoms with van der Waals surface area (Å²) in [7, 11) is 0. The van der Waals surface area contributed by atoms with Crippen LogP contribution in [0.4, 0.5) is 0 Å². The standard InChI is InChI=1S/C12H14N2O2.C2H6/c1-4-16-12(15)10-7-14-9(3)5-8(2)6-11(14)13-10;1-2/h5-7H,4H2,1-3H3;1-2H3. The van der Waals surface area contributed by atoms with Gasteiger partial charge in [0.2, 0.25) is 0 Å². The summed E-state index contributed by atoms with van der Waals surface area (Å²) in [6, 6.07) is 3.99. The topological polar surface area (TPSA) is 43.6 Å². The van der Waals surface area contributed by atoms with Crippen molar-refractivity contribution in [1.82, 2.24) is 9.38 Å². The number of carbonyl (C=O) groups is 1. The fourth-order valence-electron chi connectivity index (χ4n) is 1.73. The van der Waals surface area contributed by atoms with E-state index in [1.807, 2.05) is 44.2 Å². The molecule has 2 aromatic rings. The monoisotopic (exact) mass is 248 g/mol. The molecule has 2 heterocycles. The number of aromatic nitrogens is 2. The Balaban J connectivity index is 0.000000771. The third-order valence-electron chi connectivity index (χ3n) is 2.39. The van der Waals surface area contributed by atoms with Gasteiger partial charge in [0.25, 0.3) is 0 Å². The quantitative estimate of drug-likeness (QED) is 0.767. The lowest BCUT2D eigenvalue weighted by Gasteiger charge is -1.99. The van der Waals surface area contributed by atoms with Crippen LogP contribution in [-0.4, -0.2) is 22.0 Å². The molecule has 0 saturated heterocycles. The van der Waals surface area contributed by atoms with E-state index in [-0.39, 0.29) is 5.97 Å². The maximum Gasteiger partial charge on any atom is 0.358 e. The minimum absolute atomic E-state index is 0.357. The SMILES string of the molecule is CC.CCOC(=O)c1cn2c(C)cc(C)cc2n1. The molecular weight excluding hydrogens is 228 g/mol. The van der Waals surface area contributed by atoms with Crippen molar-refractivity contribution in [2.24, 2.45) is 0 Å². The number of imidazole rings is 1. The lowest BCUT2D eigenvalue weighted by Crippen LogP contribution is -2.04. The van der Waals surface area contributed by atoms with Crippen LogP contribution in [0.5, 0.6) is 0 Å². The van der Waals surface area contributed by atoms with Gasteiger partial charge in [-0.1, -0.05) is 13.8 Å². The molecule has 2 aromatic heterocycles. The molecule has 0 aliphatic rings. The molecule has 0 atom stereocenters. The zero-order valence-electron chi connectivity index (χ0n) is 11.7. The minimum Gasteiger partial charge on any atom is -0.461 e. The van der Waals surface area contributed by atoms with Crippen LogP contribution < -0.4 is 0 Å². The van der Waals surface area contributed by atoms with E-state index in [1.165, 1.54) is 0 Å². The van der Waals surface area contributed by atoms with Crippen molar-refractivity contribution < 1.29 is 9.53 Å². The van der Waals surface area contributed by atoms with E-state index in [1.54, 1.807) is 13.1 Å². The lowest BCUT2D eigenvalue weighted by molar-refractivity contribution is 0.0520. The van der Waals surface area contributed by atoms with E-state index < -0.39 is 0 Å². The lowest BCUT2D eigenvalue weighted by atomic mass is 10.2. The van der Waals surface area contributed by atoms with Crippen LogP contribution in [0.1, 0.15) is 42.5 Å². The Hall–Kier alpha value is -1.84. The van der Waals surface area contributed by atoms with Gasteiger partial charge < -0.3 is 9.14 Å². The zero-order valence-corrected chi connectivity index (χ0v) is 11.7. The summed E-state index contributed by atoms with van der Waals surface area (Å²) in [6.45, 7) is 10.1. The van der Waals surface area contributed by atoms with Crippen molar-refractivity contribution in [2.45, 2.75) is 34.6 Å². The molecule has 4 heteroatoms. The summed E-state index contributed by atoms with van der Waals surface area (Å²) >= 11 is 0. The van der Waals surface area contributed by atoms with E-state index in [4.69, 9.17) is 4.74 Å². The van der Waals surface area contributed by atoms with Crippen LogP contribution in [0.15, 0.2) is 18.3 Å². The molecule has 0 saturated carbocycles. The molecule has 98 valence electrons. The molecule has 0 aliphatic carbocycles. The third kappa shape index (κ3) is 2.88. The predicted molar refractivity (Wildman–Crippen MR) is 72.0 cm³/mol. The number of hydrogen-bond donors (Lipinski definition) is 0. The first-order valence-electron chi connectivity index (χ1n) is 6.25. The van der Waals surface area contributed by atoms with Crippen LogP contribution in [0, 0.1) is 13.8 Å². The van der Waals surface area contributed by atoms with Gasteiger partial charge >= 0.3 is 5.97 Å². The summed E-state index contributed by atoms with van der Waals surface area (Å²) in [5, 5.41) is 0. The van der Waals surface area contributed by atoms with Crippen LogP contribution in [0.2, 0.25) is 0 Å². The second-order valence-electron chi connectivity index (χ2n) is 3.75. The predicted octanol–water partition coefficient (Wildman–Crippen LogP) is 3.15. The van der Waals surface area contributed by atoms with Gasteiger partial charge in [0.1, 0.15) is 5.65 Å². The normalized spacial score (nSPS) is 9.83. The van der Waals surface area contributed by atoms with Crippen LogP contribution >= 0.6 is 0 Å². The highest BCUT2D eigenvalue weighted by molar-refractivity contribution is 5.88. The molecule has 0 spiro atoms. The summed E-state index contributed by atoms with van der Waals surface area (Å²) in [4.78, 5) is 15.8. The minimum atomic E-state index is -0.372. The molecule has 0 unspecified atom stereocenters. The number of esters is 1. The van der Waals surface area contributed by atoms with Gasteiger partial charge in [-0.05, 0) is 38.5 Å². The fraction of sp³-hybridized carbons (Fsp3) is 0.429. The Kier molecular flexibility index (Phi) is 4.89. The molecule has 0 amide bonds. The number of pyridine rings is 1. The third-order valence-corrected chi connectivity index (χ3v) is 2.39. The first-order chi connectivity index (χ1) is 8.61. The first kappa shape index (κ1) is 14.2. The van der Waals surface area contributed by atoms with Gasteiger partial charge in [-0.25, -0.2) is 9.78 Å². The van der Waals surface area contributed by atoms with Crippen LogP contribution in [-0.2, 0) is 4.74 Å². The molecule has 0 aromatic carbocycles. The highest BCUT2D eigenvalue weighted by atomic mass is 16.5. The number of ether oxygens (including phenoxy) is 1. The Bertz CT molecular complexity index is 544. The summed E-state index contributed by atoms with van der Waals surface area (Å²) < 4.78 is 6.80. The first-order valence-corrected chi connectivity index (χ1v) is 6.25. The molecule has 0 radical (unpaired) electrons. The molecule has 0 fully saturated rings. The van der Waals surface area contributed by atoms with E-state index >= 15 is 0 Å². The molecule has 0 aliphatic heterocycles. The van der Waals surface area contributed by atoms with Crippen molar-refractivity contribution >= 4 is 11.6 Å². The van der Waals surface area contributed by atoms with Gasteiger partial charge in [-0.15, -0.1) is 0 Å². The second kappa shape index (κ2) is 6.19. The average molecular weight is 248 g/mol. The zero-order chi connectivity index (χ0) is 13.7. The molecular formula is C14H20N2O2. The molecule has 4 nitrogen and oxygen atoms in total. The van der Waals surface area contributed by atoms with Crippen molar-refractivity contribution in [3.63, 3.8) is 0 Å². The molecule has 0 bridgehead atoms. The Labute approximate surface area is 108 Å². The van der Waals surface area contributed by atoms with Gasteiger partial charge in [0, 0.05) is 11.9 Å². The van der Waals surface area contributed by atoms with Gasteiger partial charge in [0.05, 0.1) is 6.61 Å². The Morgan fingerprint density at radius 1 is 1.33 bits per heavy atom. The number of hydrogen-bond acceptors (Lipinski definition) is 3. The summed E-state index contributed by atoms with van der Waals surface area (Å²) in [5.41, 5.74) is 3.32. The highest BCUT2D eigenvalue weighted by Gasteiger charge is 2.12. The van der Waals surface area contributed by atoms with Crippen LogP contribution in [0.3, 0.4) is 0 Å². The maximum atomic E-state index is 11.5. The fourth-order valence-corrected chi connectivity index (χ4v) is 1.73. The van der Waals surface area contributed by atoms with Crippen molar-refractivity contribution in [3.8, 4) is 0 Å². The van der Waals surface area contributed by atoms with Crippen molar-refractivity contribution in [3.05, 3.63) is 35.3 Å². The number of nitrogens with zero attached hydrogens (tertiary/aromatic N) is 2. The Morgan fingerprint density at radius 3 is 2.61 bits per heavy atom. The molecule has 0 N–H and O–H groups in total. The van der Waals surface area contributed by atoms with Crippen LogP contribution in [0.25, 0.3) is 5.65 Å². The van der Waals surface area contributed by atoms with E-state index in [2.05, 4.69) is 4.98 Å². The highest BCUT2D eigenvalue weighted by Crippen LogP contribution is 2.12. The number of fused-ring (bicyclic) bond motifs is 1. The number of carbonyl (C=O) groups excluding carboxylic acids is 1. The maximum absolute atomic E-state index is 11.5. The number of rotatable bonds is 2. The smallest absolute Gasteiger partial charge is 0.358 e. The summed E-state index contributed by atoms with van der Waals surface area (Å²) in [5.74, 6) is -0.372. The van der Waals surface area contributed by atoms with E-state index in [0.29, 0.717) is 12.3 Å². The van der Waals surface area contributed by atoms with E-state index in [0.717, 1.165) is 16.9 Å². The molecule has 2 rings (SSSR count).